The van der Waals surface area contributed by atoms with Crippen LogP contribution in [0.1, 0.15) is 329 Å². The van der Waals surface area contributed by atoms with E-state index in [4.69, 9.17) is 14.2 Å². The summed E-state index contributed by atoms with van der Waals surface area (Å²) in [5.74, 6) is -0.925. The lowest BCUT2D eigenvalue weighted by Gasteiger charge is -2.18. The summed E-state index contributed by atoms with van der Waals surface area (Å²) in [5, 5.41) is 0. The quantitative estimate of drug-likeness (QED) is 0.0261. The van der Waals surface area contributed by atoms with E-state index in [2.05, 4.69) is 118 Å². The van der Waals surface area contributed by atoms with Crippen LogP contribution in [-0.4, -0.2) is 37.2 Å². The first-order chi connectivity index (χ1) is 39.0. The van der Waals surface area contributed by atoms with Gasteiger partial charge in [0.2, 0.25) is 0 Å². The number of esters is 3. The van der Waals surface area contributed by atoms with Gasteiger partial charge in [0.15, 0.2) is 6.10 Å². The van der Waals surface area contributed by atoms with Gasteiger partial charge in [-0.15, -0.1) is 0 Å². The fraction of sp³-hybridized carbons (Fsp3) is 0.740. The lowest BCUT2D eigenvalue weighted by Crippen LogP contribution is -2.30. The highest BCUT2D eigenvalue weighted by Crippen LogP contribution is 2.17. The van der Waals surface area contributed by atoms with Gasteiger partial charge in [0.1, 0.15) is 13.2 Å². The summed E-state index contributed by atoms with van der Waals surface area (Å²) in [4.78, 5) is 38.3. The Labute approximate surface area is 489 Å². The molecule has 0 amide bonds. The van der Waals surface area contributed by atoms with Crippen molar-refractivity contribution in [3.63, 3.8) is 0 Å². The van der Waals surface area contributed by atoms with Crippen molar-refractivity contribution in [1.29, 1.82) is 0 Å². The third kappa shape index (κ3) is 65.0. The molecule has 0 N–H and O–H groups in total. The molecule has 0 saturated heterocycles. The Kier molecular flexibility index (Phi) is 63.7. The van der Waals surface area contributed by atoms with E-state index in [-0.39, 0.29) is 31.1 Å². The molecule has 0 bridgehead atoms. The Bertz CT molecular complexity index is 1540. The van der Waals surface area contributed by atoms with E-state index < -0.39 is 6.10 Å². The van der Waals surface area contributed by atoms with E-state index in [0.29, 0.717) is 19.3 Å². The molecule has 0 aromatic heterocycles. The molecule has 1 unspecified atom stereocenters. The fourth-order valence-corrected chi connectivity index (χ4v) is 9.56. The molecule has 0 aromatic carbocycles. The minimum absolute atomic E-state index is 0.0914. The van der Waals surface area contributed by atoms with E-state index in [1.165, 1.54) is 167 Å². The van der Waals surface area contributed by atoms with Crippen LogP contribution in [0.4, 0.5) is 0 Å². The van der Waals surface area contributed by atoms with Gasteiger partial charge in [-0.2, -0.15) is 0 Å². The van der Waals surface area contributed by atoms with Crippen LogP contribution in [0.5, 0.6) is 0 Å². The minimum atomic E-state index is -0.799. The van der Waals surface area contributed by atoms with Crippen LogP contribution in [0.25, 0.3) is 0 Å². The maximum Gasteiger partial charge on any atom is 0.306 e. The molecule has 0 saturated carbocycles. The van der Waals surface area contributed by atoms with Crippen LogP contribution in [0.15, 0.2) is 97.2 Å². The standard InChI is InChI=1S/C73H126O6/c1-4-7-10-13-16-19-22-25-27-29-31-32-33-34-35-36-37-38-39-40-42-43-45-48-51-54-57-60-63-66-72(75)78-69-70(68-77-71(74)65-62-59-56-53-50-47-24-21-18-15-12-9-6-3)79-73(76)67-64-61-58-55-52-49-46-44-41-30-28-26-23-20-17-14-11-8-5-2/h8-9,11-12,17-18,20-21,26,28-29,31,41,44,47,50,70H,4-7,10,13-16,19,22-25,27,30,32-40,42-43,45-46,48-49,51-69H2,1-3H3/b11-8-,12-9-,20-17-,21-18-,28-26-,31-29-,44-41-,50-47-. The zero-order valence-electron chi connectivity index (χ0n) is 52.1. The number of carbonyl (C=O) groups excluding carboxylic acids is 3. The molecule has 0 heterocycles. The zero-order valence-corrected chi connectivity index (χ0v) is 52.1. The Morgan fingerprint density at radius 2 is 0.494 bits per heavy atom. The van der Waals surface area contributed by atoms with Gasteiger partial charge >= 0.3 is 17.9 Å². The first kappa shape index (κ1) is 75.3. The first-order valence-corrected chi connectivity index (χ1v) is 33.7. The number of unbranched alkanes of at least 4 members (excludes halogenated alkanes) is 34. The maximum absolute atomic E-state index is 12.9. The van der Waals surface area contributed by atoms with Crippen molar-refractivity contribution in [3.8, 4) is 0 Å². The summed E-state index contributed by atoms with van der Waals surface area (Å²) < 4.78 is 16.9. The van der Waals surface area contributed by atoms with Crippen molar-refractivity contribution >= 4 is 17.9 Å². The number of ether oxygens (including phenoxy) is 3. The molecule has 79 heavy (non-hydrogen) atoms. The molecule has 0 fully saturated rings. The van der Waals surface area contributed by atoms with Crippen molar-refractivity contribution in [2.75, 3.05) is 13.2 Å². The second kappa shape index (κ2) is 66.8. The smallest absolute Gasteiger partial charge is 0.306 e. The molecule has 0 radical (unpaired) electrons. The van der Waals surface area contributed by atoms with Gasteiger partial charge in [-0.05, 0) is 116 Å². The summed E-state index contributed by atoms with van der Waals surface area (Å²) in [5.41, 5.74) is 0. The number of allylic oxidation sites excluding steroid dienone is 16. The van der Waals surface area contributed by atoms with E-state index in [1.54, 1.807) is 0 Å². The van der Waals surface area contributed by atoms with Crippen molar-refractivity contribution in [2.45, 2.75) is 335 Å². The lowest BCUT2D eigenvalue weighted by molar-refractivity contribution is -0.167. The molecule has 0 aliphatic carbocycles. The van der Waals surface area contributed by atoms with Crippen LogP contribution in [0.2, 0.25) is 0 Å². The molecule has 0 spiro atoms. The van der Waals surface area contributed by atoms with Crippen LogP contribution in [0, 0.1) is 0 Å². The SMILES string of the molecule is CC/C=C\C/C=C\C/C=C\C/C=C\CCCCCCCCC(=O)OC(COC(=O)CCCCC/C=C\C/C=C\C/C=C\CC)COC(=O)CCCCCCCCCCCCCCCCCCC/C=C\CCCCCCCCCC. The first-order valence-electron chi connectivity index (χ1n) is 33.7. The van der Waals surface area contributed by atoms with Crippen molar-refractivity contribution in [2.24, 2.45) is 0 Å². The second-order valence-corrected chi connectivity index (χ2v) is 22.3. The number of hydrogen-bond acceptors (Lipinski definition) is 6. The molecular formula is C73H126O6. The summed E-state index contributed by atoms with van der Waals surface area (Å²) in [6.45, 7) is 6.41. The number of rotatable bonds is 61. The van der Waals surface area contributed by atoms with Gasteiger partial charge in [-0.3, -0.25) is 14.4 Å². The van der Waals surface area contributed by atoms with Crippen molar-refractivity contribution in [3.05, 3.63) is 97.2 Å². The number of carbonyl (C=O) groups is 3. The largest absolute Gasteiger partial charge is 0.462 e. The molecule has 6 heteroatoms. The highest BCUT2D eigenvalue weighted by molar-refractivity contribution is 5.71. The monoisotopic (exact) mass is 1100 g/mol. The Morgan fingerprint density at radius 1 is 0.266 bits per heavy atom. The third-order valence-electron chi connectivity index (χ3n) is 14.6. The van der Waals surface area contributed by atoms with Crippen LogP contribution >= 0.6 is 0 Å². The molecule has 0 aromatic rings. The zero-order chi connectivity index (χ0) is 57.1. The fourth-order valence-electron chi connectivity index (χ4n) is 9.56. The van der Waals surface area contributed by atoms with Crippen LogP contribution in [-0.2, 0) is 28.6 Å². The molecule has 0 aliphatic heterocycles. The van der Waals surface area contributed by atoms with Gasteiger partial charge in [-0.25, -0.2) is 0 Å². The van der Waals surface area contributed by atoms with Gasteiger partial charge in [0.05, 0.1) is 0 Å². The Balaban J connectivity index is 4.25. The van der Waals surface area contributed by atoms with Crippen molar-refractivity contribution < 1.29 is 28.6 Å². The molecule has 6 nitrogen and oxygen atoms in total. The van der Waals surface area contributed by atoms with E-state index in [0.717, 1.165) is 122 Å². The van der Waals surface area contributed by atoms with Gasteiger partial charge < -0.3 is 14.2 Å². The number of hydrogen-bond donors (Lipinski definition) is 0. The Hall–Kier alpha value is -3.67. The summed E-state index contributed by atoms with van der Waals surface area (Å²) in [6, 6.07) is 0. The summed E-state index contributed by atoms with van der Waals surface area (Å²) in [6.07, 6.45) is 90.1. The third-order valence-corrected chi connectivity index (χ3v) is 14.6. The molecule has 0 aliphatic rings. The predicted octanol–water partition coefficient (Wildman–Crippen LogP) is 23.2. The maximum atomic E-state index is 12.9. The van der Waals surface area contributed by atoms with Crippen LogP contribution in [0.3, 0.4) is 0 Å². The van der Waals surface area contributed by atoms with E-state index >= 15 is 0 Å². The molecular weight excluding hydrogens is 973 g/mol. The normalized spacial score (nSPS) is 12.7. The van der Waals surface area contributed by atoms with Crippen molar-refractivity contribution in [1.82, 2.24) is 0 Å². The van der Waals surface area contributed by atoms with E-state index in [9.17, 15) is 14.4 Å². The van der Waals surface area contributed by atoms with Gasteiger partial charge in [0, 0.05) is 19.3 Å². The summed E-state index contributed by atoms with van der Waals surface area (Å²) >= 11 is 0. The lowest BCUT2D eigenvalue weighted by atomic mass is 10.0. The molecule has 0 rings (SSSR count). The molecule has 454 valence electrons. The topological polar surface area (TPSA) is 78.9 Å². The summed E-state index contributed by atoms with van der Waals surface area (Å²) in [7, 11) is 0. The van der Waals surface area contributed by atoms with Gasteiger partial charge in [0.25, 0.3) is 0 Å². The average molecular weight is 1100 g/mol. The minimum Gasteiger partial charge on any atom is -0.462 e. The van der Waals surface area contributed by atoms with Gasteiger partial charge in [-0.1, -0.05) is 291 Å². The van der Waals surface area contributed by atoms with Crippen LogP contribution < -0.4 is 0 Å². The van der Waals surface area contributed by atoms with E-state index in [1.807, 2.05) is 0 Å². The highest BCUT2D eigenvalue weighted by atomic mass is 16.6. The average Bonchev–Trinajstić information content (AvgIpc) is 3.45. The second-order valence-electron chi connectivity index (χ2n) is 22.3. The Morgan fingerprint density at radius 3 is 0.797 bits per heavy atom. The predicted molar refractivity (Wildman–Crippen MR) is 344 cm³/mol. The molecule has 1 atom stereocenters. The highest BCUT2D eigenvalue weighted by Gasteiger charge is 2.19.